The first-order valence-electron chi connectivity index (χ1n) is 6.28. The summed E-state index contributed by atoms with van der Waals surface area (Å²) in [6.45, 7) is 0.278. The number of carbonyl (C=O) groups excluding carboxylic acids is 1. The van der Waals surface area contributed by atoms with Gasteiger partial charge in [0.25, 0.3) is 5.91 Å². The van der Waals surface area contributed by atoms with Crippen LogP contribution in [0.5, 0.6) is 5.75 Å². The molecule has 0 fully saturated rings. The van der Waals surface area contributed by atoms with Crippen molar-refractivity contribution in [2.45, 2.75) is 6.42 Å². The van der Waals surface area contributed by atoms with Crippen molar-refractivity contribution in [3.05, 3.63) is 59.2 Å². The molecule has 2 aromatic rings. The fourth-order valence-corrected chi connectivity index (χ4v) is 1.82. The van der Waals surface area contributed by atoms with Crippen LogP contribution in [0, 0.1) is 11.6 Å². The zero-order valence-corrected chi connectivity index (χ0v) is 11.1. The molecule has 110 valence electrons. The molecule has 0 spiro atoms. The lowest BCUT2D eigenvalue weighted by Crippen LogP contribution is -2.26. The summed E-state index contributed by atoms with van der Waals surface area (Å²) in [6, 6.07) is 8.08. The van der Waals surface area contributed by atoms with E-state index in [4.69, 9.17) is 10.8 Å². The molecule has 4 nitrogen and oxygen atoms in total. The SMILES string of the molecule is Nc1cc(C(=O)NCCc2ccc(O)cc2)c(F)cc1F. The van der Waals surface area contributed by atoms with Gasteiger partial charge in [-0.15, -0.1) is 0 Å². The van der Waals surface area contributed by atoms with E-state index in [1.54, 1.807) is 12.1 Å². The monoisotopic (exact) mass is 292 g/mol. The highest BCUT2D eigenvalue weighted by Gasteiger charge is 2.14. The Bertz CT molecular complexity index is 657. The number of amides is 1. The fourth-order valence-electron chi connectivity index (χ4n) is 1.82. The van der Waals surface area contributed by atoms with E-state index >= 15 is 0 Å². The number of rotatable bonds is 4. The van der Waals surface area contributed by atoms with Crippen molar-refractivity contribution in [3.63, 3.8) is 0 Å². The lowest BCUT2D eigenvalue weighted by molar-refractivity contribution is 0.0950. The average molecular weight is 292 g/mol. The van der Waals surface area contributed by atoms with E-state index in [1.807, 2.05) is 0 Å². The fraction of sp³-hybridized carbons (Fsp3) is 0.133. The minimum atomic E-state index is -0.955. The van der Waals surface area contributed by atoms with Gasteiger partial charge in [-0.1, -0.05) is 12.1 Å². The van der Waals surface area contributed by atoms with Crippen LogP contribution in [0.15, 0.2) is 36.4 Å². The third-order valence-electron chi connectivity index (χ3n) is 2.97. The first-order chi connectivity index (χ1) is 9.97. The van der Waals surface area contributed by atoms with E-state index in [-0.39, 0.29) is 23.5 Å². The van der Waals surface area contributed by atoms with Gasteiger partial charge in [0.1, 0.15) is 17.4 Å². The van der Waals surface area contributed by atoms with Crippen LogP contribution in [0.25, 0.3) is 0 Å². The Balaban J connectivity index is 1.96. The molecule has 0 unspecified atom stereocenters. The summed E-state index contributed by atoms with van der Waals surface area (Å²) in [4.78, 5) is 11.8. The van der Waals surface area contributed by atoms with Gasteiger partial charge in [0.2, 0.25) is 0 Å². The average Bonchev–Trinajstić information content (AvgIpc) is 2.45. The van der Waals surface area contributed by atoms with Crippen molar-refractivity contribution in [2.75, 3.05) is 12.3 Å². The van der Waals surface area contributed by atoms with E-state index in [0.29, 0.717) is 12.5 Å². The van der Waals surface area contributed by atoms with Crippen molar-refractivity contribution in [1.82, 2.24) is 5.32 Å². The number of nitrogen functional groups attached to an aromatic ring is 1. The number of carbonyl (C=O) groups is 1. The molecule has 2 aromatic carbocycles. The second-order valence-electron chi connectivity index (χ2n) is 4.53. The highest BCUT2D eigenvalue weighted by molar-refractivity contribution is 5.95. The van der Waals surface area contributed by atoms with Crippen LogP contribution in [0.1, 0.15) is 15.9 Å². The number of nitrogens with one attached hydrogen (secondary N) is 1. The Morgan fingerprint density at radius 1 is 1.14 bits per heavy atom. The lowest BCUT2D eigenvalue weighted by Gasteiger charge is -2.07. The molecule has 0 aliphatic carbocycles. The van der Waals surface area contributed by atoms with Crippen LogP contribution in [0.2, 0.25) is 0 Å². The Morgan fingerprint density at radius 2 is 1.81 bits per heavy atom. The first kappa shape index (κ1) is 14.8. The standard InChI is InChI=1S/C15H14F2N2O2/c16-12-8-13(17)14(18)7-11(12)15(21)19-6-5-9-1-3-10(20)4-2-9/h1-4,7-8,20H,5-6,18H2,(H,19,21). The number of nitrogens with two attached hydrogens (primary N) is 1. The van der Waals surface area contributed by atoms with Crippen LogP contribution < -0.4 is 11.1 Å². The van der Waals surface area contributed by atoms with Gasteiger partial charge in [-0.3, -0.25) is 4.79 Å². The topological polar surface area (TPSA) is 75.4 Å². The van der Waals surface area contributed by atoms with Crippen LogP contribution >= 0.6 is 0 Å². The largest absolute Gasteiger partial charge is 0.508 e. The van der Waals surface area contributed by atoms with Gasteiger partial charge >= 0.3 is 0 Å². The van der Waals surface area contributed by atoms with Gasteiger partial charge in [-0.05, 0) is 30.2 Å². The molecule has 4 N–H and O–H groups in total. The van der Waals surface area contributed by atoms with E-state index < -0.39 is 17.5 Å². The molecule has 0 aliphatic rings. The second-order valence-corrected chi connectivity index (χ2v) is 4.53. The molecule has 0 bridgehead atoms. The highest BCUT2D eigenvalue weighted by atomic mass is 19.1. The maximum atomic E-state index is 13.5. The summed E-state index contributed by atoms with van der Waals surface area (Å²) >= 11 is 0. The molecule has 0 atom stereocenters. The van der Waals surface area contributed by atoms with Crippen LogP contribution in [-0.4, -0.2) is 17.6 Å². The smallest absolute Gasteiger partial charge is 0.254 e. The minimum Gasteiger partial charge on any atom is -0.508 e. The third-order valence-corrected chi connectivity index (χ3v) is 2.97. The van der Waals surface area contributed by atoms with E-state index in [9.17, 15) is 13.6 Å². The van der Waals surface area contributed by atoms with Gasteiger partial charge in [-0.25, -0.2) is 8.78 Å². The Kier molecular flexibility index (Phi) is 4.37. The number of phenolic OH excluding ortho intramolecular Hbond substituents is 1. The molecular weight excluding hydrogens is 278 g/mol. The van der Waals surface area contributed by atoms with Crippen LogP contribution in [0.4, 0.5) is 14.5 Å². The molecule has 0 radical (unpaired) electrons. The van der Waals surface area contributed by atoms with Crippen molar-refractivity contribution in [1.29, 1.82) is 0 Å². The highest BCUT2D eigenvalue weighted by Crippen LogP contribution is 2.16. The summed E-state index contributed by atoms with van der Waals surface area (Å²) in [7, 11) is 0. The zero-order valence-electron chi connectivity index (χ0n) is 11.1. The molecule has 6 heteroatoms. The second kappa shape index (κ2) is 6.21. The van der Waals surface area contributed by atoms with Crippen molar-refractivity contribution in [2.24, 2.45) is 0 Å². The molecule has 0 saturated heterocycles. The number of halogens is 2. The van der Waals surface area contributed by atoms with Crippen LogP contribution in [-0.2, 0) is 6.42 Å². The molecule has 21 heavy (non-hydrogen) atoms. The molecule has 0 aliphatic heterocycles. The van der Waals surface area contributed by atoms with E-state index in [1.165, 1.54) is 12.1 Å². The van der Waals surface area contributed by atoms with Gasteiger partial charge in [0, 0.05) is 12.6 Å². The summed E-state index contributed by atoms with van der Waals surface area (Å²) in [6.07, 6.45) is 0.518. The van der Waals surface area contributed by atoms with Gasteiger partial charge < -0.3 is 16.2 Å². The summed E-state index contributed by atoms with van der Waals surface area (Å²) in [5.41, 5.74) is 5.66. The van der Waals surface area contributed by atoms with Gasteiger partial charge in [0.15, 0.2) is 0 Å². The lowest BCUT2D eigenvalue weighted by atomic mass is 10.1. The van der Waals surface area contributed by atoms with Crippen LogP contribution in [0.3, 0.4) is 0 Å². The minimum absolute atomic E-state index is 0.159. The number of hydrogen-bond donors (Lipinski definition) is 3. The Labute approximate surface area is 120 Å². The predicted octanol–water partition coefficient (Wildman–Crippen LogP) is 2.23. The summed E-state index contributed by atoms with van der Waals surface area (Å²) < 4.78 is 26.5. The van der Waals surface area contributed by atoms with Gasteiger partial charge in [0.05, 0.1) is 11.3 Å². The molecule has 0 heterocycles. The number of aromatic hydroxyl groups is 1. The number of hydrogen-bond acceptors (Lipinski definition) is 3. The normalized spacial score (nSPS) is 10.4. The van der Waals surface area contributed by atoms with Crippen molar-refractivity contribution < 1.29 is 18.7 Å². The Morgan fingerprint density at radius 3 is 2.48 bits per heavy atom. The van der Waals surface area contributed by atoms with Gasteiger partial charge in [-0.2, -0.15) is 0 Å². The zero-order chi connectivity index (χ0) is 15.4. The summed E-state index contributed by atoms with van der Waals surface area (Å²) in [5, 5.41) is 11.7. The molecular formula is C15H14F2N2O2. The third kappa shape index (κ3) is 3.68. The molecule has 0 aromatic heterocycles. The van der Waals surface area contributed by atoms with E-state index in [0.717, 1.165) is 11.6 Å². The summed E-state index contributed by atoms with van der Waals surface area (Å²) in [5.74, 6) is -2.35. The predicted molar refractivity (Wildman–Crippen MR) is 74.9 cm³/mol. The van der Waals surface area contributed by atoms with Crippen molar-refractivity contribution >= 4 is 11.6 Å². The van der Waals surface area contributed by atoms with E-state index in [2.05, 4.69) is 5.32 Å². The maximum Gasteiger partial charge on any atom is 0.254 e. The quantitative estimate of drug-likeness (QED) is 0.756. The Hall–Kier alpha value is -2.63. The number of phenols is 1. The number of anilines is 1. The molecule has 1 amide bonds. The molecule has 2 rings (SSSR count). The first-order valence-corrected chi connectivity index (χ1v) is 6.28. The molecule has 0 saturated carbocycles. The number of benzene rings is 2. The van der Waals surface area contributed by atoms with Crippen molar-refractivity contribution in [3.8, 4) is 5.75 Å². The maximum absolute atomic E-state index is 13.5.